The lowest BCUT2D eigenvalue weighted by Crippen LogP contribution is -2.55. The number of nitrogens with zero attached hydrogens (tertiary/aromatic N) is 1. The number of amides is 1. The maximum absolute atomic E-state index is 12.3. The lowest BCUT2D eigenvalue weighted by Gasteiger charge is -2.36. The maximum atomic E-state index is 12.3. The Hall–Kier alpha value is -0.960. The maximum Gasteiger partial charge on any atom is 0.254 e. The minimum Gasteiger partial charge on any atom is -0.336 e. The van der Waals surface area contributed by atoms with Crippen LogP contribution in [0.5, 0.6) is 0 Å². The summed E-state index contributed by atoms with van der Waals surface area (Å²) in [4.78, 5) is 14.0. The number of nitrogens with two attached hydrogens (primary N) is 1. The van der Waals surface area contributed by atoms with Crippen LogP contribution in [0.2, 0.25) is 0 Å². The molecule has 106 valence electrons. The number of thiophene rings is 1. The Morgan fingerprint density at radius 2 is 2.00 bits per heavy atom. The third kappa shape index (κ3) is 3.33. The zero-order chi connectivity index (χ0) is 14.2. The van der Waals surface area contributed by atoms with E-state index >= 15 is 0 Å². The summed E-state index contributed by atoms with van der Waals surface area (Å²) in [7, 11) is -3.73. The van der Waals surface area contributed by atoms with Crippen LogP contribution in [-0.2, 0) is 10.0 Å². The van der Waals surface area contributed by atoms with Gasteiger partial charge in [0.2, 0.25) is 10.0 Å². The summed E-state index contributed by atoms with van der Waals surface area (Å²) in [5.74, 6) is -0.147. The number of rotatable bonds is 2. The SMILES string of the molecule is C[C@@H]1CN(C(=O)c2csc(S(N)(=O)=O)c2)C[C@@H](C)N1. The van der Waals surface area contributed by atoms with Gasteiger partial charge in [-0.2, -0.15) is 0 Å². The summed E-state index contributed by atoms with van der Waals surface area (Å²) in [5.41, 5.74) is 0.385. The van der Waals surface area contributed by atoms with Crippen molar-refractivity contribution in [2.24, 2.45) is 5.14 Å². The number of carbonyl (C=O) groups excluding carboxylic acids is 1. The molecule has 2 rings (SSSR count). The molecule has 2 heterocycles. The predicted octanol–water partition coefficient (Wildman–Crippen LogP) is 0.218. The van der Waals surface area contributed by atoms with Gasteiger partial charge < -0.3 is 10.2 Å². The molecule has 1 aromatic heterocycles. The Morgan fingerprint density at radius 1 is 1.42 bits per heavy atom. The molecule has 6 nitrogen and oxygen atoms in total. The van der Waals surface area contributed by atoms with E-state index in [9.17, 15) is 13.2 Å². The molecule has 0 aromatic carbocycles. The molecule has 1 aliphatic rings. The second kappa shape index (κ2) is 5.20. The van der Waals surface area contributed by atoms with Gasteiger partial charge in [-0.05, 0) is 19.9 Å². The fourth-order valence-electron chi connectivity index (χ4n) is 2.25. The number of sulfonamides is 1. The Balaban J connectivity index is 2.18. The van der Waals surface area contributed by atoms with E-state index in [2.05, 4.69) is 5.32 Å². The van der Waals surface area contributed by atoms with Crippen LogP contribution in [-0.4, -0.2) is 44.4 Å². The summed E-state index contributed by atoms with van der Waals surface area (Å²) in [6.45, 7) is 5.26. The first-order valence-electron chi connectivity index (χ1n) is 5.94. The molecule has 2 atom stereocenters. The van der Waals surface area contributed by atoms with Crippen LogP contribution in [0.15, 0.2) is 15.7 Å². The highest BCUT2D eigenvalue weighted by molar-refractivity contribution is 7.91. The fraction of sp³-hybridized carbons (Fsp3) is 0.545. The minimum atomic E-state index is -3.73. The topological polar surface area (TPSA) is 92.5 Å². The van der Waals surface area contributed by atoms with Gasteiger partial charge in [0.1, 0.15) is 4.21 Å². The van der Waals surface area contributed by atoms with Gasteiger partial charge in [-0.1, -0.05) is 0 Å². The molecule has 0 unspecified atom stereocenters. The zero-order valence-corrected chi connectivity index (χ0v) is 12.4. The highest BCUT2D eigenvalue weighted by Crippen LogP contribution is 2.21. The van der Waals surface area contributed by atoms with Crippen molar-refractivity contribution in [3.8, 4) is 0 Å². The molecule has 19 heavy (non-hydrogen) atoms. The van der Waals surface area contributed by atoms with Crippen molar-refractivity contribution < 1.29 is 13.2 Å². The molecule has 1 aliphatic heterocycles. The first-order valence-corrected chi connectivity index (χ1v) is 8.36. The van der Waals surface area contributed by atoms with E-state index in [-0.39, 0.29) is 22.2 Å². The van der Waals surface area contributed by atoms with Crippen LogP contribution in [0.3, 0.4) is 0 Å². The van der Waals surface area contributed by atoms with Gasteiger partial charge in [0, 0.05) is 30.6 Å². The summed E-state index contributed by atoms with van der Waals surface area (Å²) >= 11 is 0.974. The lowest BCUT2D eigenvalue weighted by molar-refractivity contribution is 0.0674. The number of hydrogen-bond donors (Lipinski definition) is 2. The molecule has 1 saturated heterocycles. The van der Waals surface area contributed by atoms with Gasteiger partial charge in [0.05, 0.1) is 5.56 Å². The monoisotopic (exact) mass is 303 g/mol. The van der Waals surface area contributed by atoms with Gasteiger partial charge in [0.15, 0.2) is 0 Å². The average molecular weight is 303 g/mol. The second-order valence-corrected chi connectivity index (χ2v) is 7.58. The summed E-state index contributed by atoms with van der Waals surface area (Å²) in [5, 5.41) is 9.92. The summed E-state index contributed by atoms with van der Waals surface area (Å²) in [6.07, 6.45) is 0. The first kappa shape index (κ1) is 14.4. The Bertz CT molecular complexity index is 572. The first-order chi connectivity index (χ1) is 8.77. The standard InChI is InChI=1S/C11H17N3O3S2/c1-7-4-14(5-8(2)13-7)11(15)9-3-10(18-6-9)19(12,16)17/h3,6-8,13H,4-5H2,1-2H3,(H2,12,16,17)/t7-,8-/m1/s1. The molecule has 8 heteroatoms. The van der Waals surface area contributed by atoms with E-state index in [4.69, 9.17) is 5.14 Å². The minimum absolute atomic E-state index is 0.0204. The van der Waals surface area contributed by atoms with Crippen LogP contribution in [0.4, 0.5) is 0 Å². The Labute approximate surface area is 116 Å². The third-order valence-electron chi connectivity index (χ3n) is 2.95. The van der Waals surface area contributed by atoms with Gasteiger partial charge in [-0.25, -0.2) is 13.6 Å². The van der Waals surface area contributed by atoms with Crippen molar-refractivity contribution in [2.45, 2.75) is 30.1 Å². The van der Waals surface area contributed by atoms with Crippen LogP contribution >= 0.6 is 11.3 Å². The number of nitrogens with one attached hydrogen (secondary N) is 1. The molecular formula is C11H17N3O3S2. The van der Waals surface area contributed by atoms with Crippen LogP contribution in [0, 0.1) is 0 Å². The smallest absolute Gasteiger partial charge is 0.254 e. The van der Waals surface area contributed by atoms with Crippen molar-refractivity contribution in [1.82, 2.24) is 10.2 Å². The van der Waals surface area contributed by atoms with Crippen molar-refractivity contribution in [2.75, 3.05) is 13.1 Å². The highest BCUT2D eigenvalue weighted by Gasteiger charge is 2.26. The van der Waals surface area contributed by atoms with Gasteiger partial charge in [0.25, 0.3) is 5.91 Å². The van der Waals surface area contributed by atoms with E-state index in [1.54, 1.807) is 10.3 Å². The van der Waals surface area contributed by atoms with E-state index in [0.717, 1.165) is 11.3 Å². The third-order valence-corrected chi connectivity index (χ3v) is 5.33. The van der Waals surface area contributed by atoms with Gasteiger partial charge in [-0.15, -0.1) is 11.3 Å². The predicted molar refractivity (Wildman–Crippen MR) is 73.7 cm³/mol. The molecule has 0 saturated carbocycles. The molecular weight excluding hydrogens is 286 g/mol. The molecule has 0 spiro atoms. The van der Waals surface area contributed by atoms with Crippen LogP contribution < -0.4 is 10.5 Å². The normalized spacial score (nSPS) is 24.5. The summed E-state index contributed by atoms with van der Waals surface area (Å²) < 4.78 is 22.4. The molecule has 0 bridgehead atoms. The largest absolute Gasteiger partial charge is 0.336 e. The molecule has 3 N–H and O–H groups in total. The molecule has 0 aliphatic carbocycles. The van der Waals surface area contributed by atoms with E-state index in [1.165, 1.54) is 6.07 Å². The quantitative estimate of drug-likeness (QED) is 0.817. The number of carbonyl (C=O) groups is 1. The Morgan fingerprint density at radius 3 is 2.47 bits per heavy atom. The van der Waals surface area contributed by atoms with E-state index in [0.29, 0.717) is 18.7 Å². The fourth-order valence-corrected chi connectivity index (χ4v) is 3.83. The Kier molecular flexibility index (Phi) is 3.95. The molecule has 1 fully saturated rings. The number of primary sulfonamides is 1. The van der Waals surface area contributed by atoms with E-state index < -0.39 is 10.0 Å². The van der Waals surface area contributed by atoms with E-state index in [1.807, 2.05) is 13.8 Å². The van der Waals surface area contributed by atoms with Gasteiger partial charge >= 0.3 is 0 Å². The van der Waals surface area contributed by atoms with Crippen molar-refractivity contribution in [3.05, 3.63) is 17.0 Å². The summed E-state index contributed by atoms with van der Waals surface area (Å²) in [6, 6.07) is 1.80. The number of piperazine rings is 1. The molecule has 0 radical (unpaired) electrons. The van der Waals surface area contributed by atoms with Crippen LogP contribution in [0.25, 0.3) is 0 Å². The molecule has 1 aromatic rings. The van der Waals surface area contributed by atoms with Crippen molar-refractivity contribution in [3.63, 3.8) is 0 Å². The molecule has 1 amide bonds. The van der Waals surface area contributed by atoms with Crippen molar-refractivity contribution in [1.29, 1.82) is 0 Å². The van der Waals surface area contributed by atoms with Crippen LogP contribution in [0.1, 0.15) is 24.2 Å². The van der Waals surface area contributed by atoms with Gasteiger partial charge in [-0.3, -0.25) is 4.79 Å². The van der Waals surface area contributed by atoms with Crippen molar-refractivity contribution >= 4 is 27.3 Å². The zero-order valence-electron chi connectivity index (χ0n) is 10.8. The lowest BCUT2D eigenvalue weighted by atomic mass is 10.1. The highest BCUT2D eigenvalue weighted by atomic mass is 32.2. The second-order valence-electron chi connectivity index (χ2n) is 4.88. The average Bonchev–Trinajstić information content (AvgIpc) is 2.75. The number of hydrogen-bond acceptors (Lipinski definition) is 5.